The number of ketones is 1. The normalized spacial score (nSPS) is 13.7. The van der Waals surface area contributed by atoms with E-state index in [0.717, 1.165) is 0 Å². The lowest BCUT2D eigenvalue weighted by molar-refractivity contribution is -0.146. The number of carbonyl (C=O) groups is 3. The highest BCUT2D eigenvalue weighted by molar-refractivity contribution is 6.37. The number of nitroso groups, excluding NO2 is 2. The van der Waals surface area contributed by atoms with E-state index in [1.54, 1.807) is 0 Å². The van der Waals surface area contributed by atoms with Gasteiger partial charge in [0.05, 0.1) is 6.42 Å². The highest BCUT2D eigenvalue weighted by Crippen LogP contribution is 2.21. The number of carbonyl (C=O) groups excluding carboxylic acids is 2. The van der Waals surface area contributed by atoms with E-state index < -0.39 is 29.6 Å². The Balaban J connectivity index is 4.92. The number of rotatable bonds is 6. The van der Waals surface area contributed by atoms with Gasteiger partial charge in [0.15, 0.2) is 0 Å². The average Bonchev–Trinajstić information content (AvgIpc) is 2.24. The predicted octanol–water partition coefficient (Wildman–Crippen LogP) is 0.238. The summed E-state index contributed by atoms with van der Waals surface area (Å²) in [5, 5.41) is 12.8. The zero-order chi connectivity index (χ0) is 12.1. The van der Waals surface area contributed by atoms with E-state index in [-0.39, 0.29) is 6.42 Å². The summed E-state index contributed by atoms with van der Waals surface area (Å²) in [6.07, 6.45) is -1.21. The number of hydrogen-bond donors (Lipinski definition) is 1. The lowest BCUT2D eigenvalue weighted by atomic mass is 9.91. The molecule has 0 spiro atoms. The molecule has 8 nitrogen and oxygen atoms in total. The number of amides is 1. The third-order valence-corrected chi connectivity index (χ3v) is 1.93. The maximum Gasteiger partial charge on any atom is 0.352 e. The Labute approximate surface area is 83.6 Å². The second-order valence-corrected chi connectivity index (χ2v) is 2.78. The fourth-order valence-electron chi connectivity index (χ4n) is 0.880. The van der Waals surface area contributed by atoms with Gasteiger partial charge in [-0.1, -0.05) is 12.1 Å². The minimum Gasteiger partial charge on any atom is -0.479 e. The van der Waals surface area contributed by atoms with Crippen LogP contribution in [-0.2, 0) is 14.4 Å². The van der Waals surface area contributed by atoms with Gasteiger partial charge in [-0.2, -0.15) is 0 Å². The van der Waals surface area contributed by atoms with Crippen LogP contribution >= 0.6 is 0 Å². The third-order valence-electron chi connectivity index (χ3n) is 1.93. The molecule has 0 bridgehead atoms. The summed E-state index contributed by atoms with van der Waals surface area (Å²) in [6.45, 7) is 1.32. The zero-order valence-electron chi connectivity index (χ0n) is 7.80. The molecule has 15 heavy (non-hydrogen) atoms. The van der Waals surface area contributed by atoms with E-state index >= 15 is 0 Å². The van der Waals surface area contributed by atoms with Crippen LogP contribution in [0.2, 0.25) is 0 Å². The third kappa shape index (κ3) is 2.73. The molecule has 1 unspecified atom stereocenters. The molecule has 82 valence electrons. The zero-order valence-corrected chi connectivity index (χ0v) is 7.80. The number of nitrogens with zero attached hydrogens (tertiary/aromatic N) is 2. The summed E-state index contributed by atoms with van der Waals surface area (Å²) in [7, 11) is 0. The first kappa shape index (κ1) is 13.0. The van der Waals surface area contributed by atoms with Crippen LogP contribution in [0.15, 0.2) is 10.4 Å². The van der Waals surface area contributed by atoms with Gasteiger partial charge in [0.2, 0.25) is 11.3 Å². The van der Waals surface area contributed by atoms with E-state index in [2.05, 4.69) is 5.18 Å². The predicted molar refractivity (Wildman–Crippen MR) is 46.9 cm³/mol. The Morgan fingerprint density at radius 1 is 1.27 bits per heavy atom. The first-order chi connectivity index (χ1) is 6.93. The van der Waals surface area contributed by atoms with Gasteiger partial charge in [0.1, 0.15) is 0 Å². The van der Waals surface area contributed by atoms with Crippen molar-refractivity contribution in [3.63, 3.8) is 0 Å². The van der Waals surface area contributed by atoms with Crippen LogP contribution < -0.4 is 0 Å². The highest BCUT2D eigenvalue weighted by Gasteiger charge is 2.42. The highest BCUT2D eigenvalue weighted by atomic mass is 16.4. The number of carboxylic acids is 1. The Morgan fingerprint density at radius 3 is 2.07 bits per heavy atom. The van der Waals surface area contributed by atoms with Gasteiger partial charge in [-0.15, -0.1) is 9.81 Å². The standard InChI is InChI=1S/C7H8N2O6/c1-2-7(9-15,6(12)13)3-4(10)5(11)8-14/h2-3H2,1H3,(H,12,13). The van der Waals surface area contributed by atoms with Crippen LogP contribution in [0.4, 0.5) is 0 Å². The first-order valence-electron chi connectivity index (χ1n) is 3.92. The topological polar surface area (TPSA) is 130 Å². The SMILES string of the molecule is CCC(CC(=O)C(=O)N=O)(N=O)C(=O)O. The molecule has 1 atom stereocenters. The molecule has 0 aliphatic heterocycles. The molecule has 0 saturated heterocycles. The molecule has 0 saturated carbocycles. The second kappa shape index (κ2) is 5.03. The molecule has 0 fully saturated rings. The summed E-state index contributed by atoms with van der Waals surface area (Å²) < 4.78 is 0. The monoisotopic (exact) mass is 216 g/mol. The van der Waals surface area contributed by atoms with Crippen LogP contribution in [0.25, 0.3) is 0 Å². The summed E-state index contributed by atoms with van der Waals surface area (Å²) in [4.78, 5) is 52.1. The lowest BCUT2D eigenvalue weighted by Crippen LogP contribution is -2.39. The van der Waals surface area contributed by atoms with Crippen LogP contribution in [-0.4, -0.2) is 28.3 Å². The van der Waals surface area contributed by atoms with Crippen LogP contribution in [0, 0.1) is 9.81 Å². The van der Waals surface area contributed by atoms with Crippen molar-refractivity contribution in [3.8, 4) is 0 Å². The van der Waals surface area contributed by atoms with Gasteiger partial charge in [-0.3, -0.25) is 9.59 Å². The maximum atomic E-state index is 10.9. The van der Waals surface area contributed by atoms with Crippen LogP contribution in [0.1, 0.15) is 19.8 Å². The van der Waals surface area contributed by atoms with E-state index in [1.807, 2.05) is 5.18 Å². The van der Waals surface area contributed by atoms with Crippen molar-refractivity contribution in [3.05, 3.63) is 9.81 Å². The molecule has 8 heteroatoms. The maximum absolute atomic E-state index is 10.9. The van der Waals surface area contributed by atoms with Gasteiger partial charge < -0.3 is 5.11 Å². The fourth-order valence-corrected chi connectivity index (χ4v) is 0.880. The molecule has 0 aromatic heterocycles. The number of aliphatic carboxylic acids is 1. The van der Waals surface area contributed by atoms with Crippen molar-refractivity contribution in [2.24, 2.45) is 10.4 Å². The van der Waals surface area contributed by atoms with Crippen molar-refractivity contribution in [2.75, 3.05) is 0 Å². The smallest absolute Gasteiger partial charge is 0.352 e. The van der Waals surface area contributed by atoms with Crippen molar-refractivity contribution in [1.29, 1.82) is 0 Å². The Morgan fingerprint density at radius 2 is 1.80 bits per heavy atom. The first-order valence-corrected chi connectivity index (χ1v) is 3.92. The van der Waals surface area contributed by atoms with Crippen molar-refractivity contribution in [1.82, 2.24) is 0 Å². The lowest BCUT2D eigenvalue weighted by Gasteiger charge is -2.17. The number of hydrogen-bond acceptors (Lipinski definition) is 6. The Hall–Kier alpha value is -1.99. The van der Waals surface area contributed by atoms with Crippen LogP contribution in [0.5, 0.6) is 0 Å². The van der Waals surface area contributed by atoms with E-state index in [1.165, 1.54) is 6.92 Å². The van der Waals surface area contributed by atoms with Crippen molar-refractivity contribution < 1.29 is 19.5 Å². The van der Waals surface area contributed by atoms with Gasteiger partial charge in [0, 0.05) is 5.18 Å². The molecule has 0 heterocycles. The van der Waals surface area contributed by atoms with Crippen molar-refractivity contribution in [2.45, 2.75) is 25.3 Å². The van der Waals surface area contributed by atoms with E-state index in [4.69, 9.17) is 5.11 Å². The molecule has 0 aliphatic carbocycles. The molecular formula is C7H8N2O6. The number of carboxylic acid groups (broad SMARTS) is 1. The van der Waals surface area contributed by atoms with Crippen LogP contribution in [0.3, 0.4) is 0 Å². The van der Waals surface area contributed by atoms with E-state index in [9.17, 15) is 24.2 Å². The molecule has 0 rings (SSSR count). The van der Waals surface area contributed by atoms with Gasteiger partial charge in [-0.25, -0.2) is 4.79 Å². The minimum absolute atomic E-state index is 0.260. The summed E-state index contributed by atoms with van der Waals surface area (Å²) in [5.41, 5.74) is -2.20. The van der Waals surface area contributed by atoms with Gasteiger partial charge >= 0.3 is 11.9 Å². The molecule has 0 radical (unpaired) electrons. The molecule has 1 N–H and O–H groups in total. The largest absolute Gasteiger partial charge is 0.479 e. The summed E-state index contributed by atoms with van der Waals surface area (Å²) in [5.74, 6) is -4.57. The fraction of sp³-hybridized carbons (Fsp3) is 0.571. The summed E-state index contributed by atoms with van der Waals surface area (Å²) >= 11 is 0. The summed E-state index contributed by atoms with van der Waals surface area (Å²) in [6, 6.07) is 0. The van der Waals surface area contributed by atoms with Crippen molar-refractivity contribution >= 4 is 17.7 Å². The molecule has 0 aliphatic rings. The van der Waals surface area contributed by atoms with Gasteiger partial charge in [0.25, 0.3) is 0 Å². The Bertz CT molecular complexity index is 325. The molecule has 0 aromatic carbocycles. The Kier molecular flexibility index (Phi) is 4.36. The minimum atomic E-state index is -2.20. The number of Topliss-reactive ketones (excluding diaryl/α,β-unsaturated/α-hetero) is 1. The molecular weight excluding hydrogens is 208 g/mol. The second-order valence-electron chi connectivity index (χ2n) is 2.78. The average molecular weight is 216 g/mol. The van der Waals surface area contributed by atoms with E-state index in [0.29, 0.717) is 0 Å². The molecule has 1 amide bonds. The molecule has 0 aromatic rings. The quantitative estimate of drug-likeness (QED) is 0.499. The van der Waals surface area contributed by atoms with Gasteiger partial charge in [-0.05, 0) is 6.42 Å².